The van der Waals surface area contributed by atoms with Crippen LogP contribution < -0.4 is 24.2 Å². The number of carbonyl (C=O) groups excluding carboxylic acids is 1. The molecule has 3 heteroatoms. The number of rotatable bonds is 2. The Morgan fingerprint density at radius 1 is 1.62 bits per heavy atom. The Kier molecular flexibility index (Phi) is 9.67. The Morgan fingerprint density at radius 2 is 2.12 bits per heavy atom. The number of hydrogen-bond donors (Lipinski definition) is 1. The molecule has 8 heavy (non-hydrogen) atoms. The summed E-state index contributed by atoms with van der Waals surface area (Å²) in [5.41, 5.74) is 0. The van der Waals surface area contributed by atoms with Crippen LogP contribution in [0.2, 0.25) is 0 Å². The van der Waals surface area contributed by atoms with Crippen LogP contribution in [-0.4, -0.2) is 12.5 Å². The summed E-state index contributed by atoms with van der Waals surface area (Å²) in [6, 6.07) is 0. The van der Waals surface area contributed by atoms with E-state index in [0.29, 0.717) is 6.42 Å². The van der Waals surface area contributed by atoms with Gasteiger partial charge in [-0.1, -0.05) is 6.92 Å². The van der Waals surface area contributed by atoms with Gasteiger partial charge in [0, 0.05) is 13.0 Å². The van der Waals surface area contributed by atoms with Gasteiger partial charge < -0.3 is 6.74 Å². The van der Waals surface area contributed by atoms with Gasteiger partial charge in [-0.2, -0.15) is 0 Å². The summed E-state index contributed by atoms with van der Waals surface area (Å²) >= 11 is 0. The van der Waals surface area contributed by atoms with Crippen LogP contribution in [0.3, 0.4) is 0 Å². The van der Waals surface area contributed by atoms with Crippen LogP contribution in [0, 0.1) is 0 Å². The van der Waals surface area contributed by atoms with Gasteiger partial charge in [0.25, 0.3) is 0 Å². The molecule has 0 aliphatic carbocycles. The summed E-state index contributed by atoms with van der Waals surface area (Å²) in [5, 5.41) is 2.66. The zero-order valence-electron chi connectivity index (χ0n) is 6.82. The Balaban J connectivity index is -0.000000180. The largest absolute Gasteiger partial charge is 1.00 e. The van der Waals surface area contributed by atoms with Crippen LogP contribution in [0.5, 0.6) is 0 Å². The van der Waals surface area contributed by atoms with Crippen LogP contribution in [0.1, 0.15) is 21.7 Å². The first-order valence-electron chi connectivity index (χ1n) is 2.58. The Morgan fingerprint density at radius 3 is 2.25 bits per heavy atom. The normalized spacial score (nSPS) is 7.25. The first-order valence-corrected chi connectivity index (χ1v) is 2.58. The molecule has 0 radical (unpaired) electrons. The predicted octanol–water partition coefficient (Wildman–Crippen LogP) is -2.35. The molecule has 0 aromatic carbocycles. The maximum atomic E-state index is 10.3. The van der Waals surface area contributed by atoms with E-state index in [-0.39, 0.29) is 26.2 Å². The molecule has 0 aromatic rings. The Bertz CT molecular complexity index is 70.0. The van der Waals surface area contributed by atoms with E-state index in [1.165, 1.54) is 0 Å². The number of carbonyl (C=O) groups is 1. The van der Waals surface area contributed by atoms with Gasteiger partial charge in [0.1, 0.15) is 0 Å². The fourth-order valence-electron chi connectivity index (χ4n) is 0.322. The minimum Gasteiger partial charge on any atom is -1.00 e. The van der Waals surface area contributed by atoms with E-state index in [9.17, 15) is 4.79 Å². The van der Waals surface area contributed by atoms with Crippen LogP contribution in [-0.2, 0) is 4.79 Å². The number of amides is 1. The molecular weight excluding hydrogens is 97.0 g/mol. The van der Waals surface area contributed by atoms with Crippen molar-refractivity contribution in [1.29, 1.82) is 0 Å². The van der Waals surface area contributed by atoms with Crippen molar-refractivity contribution in [1.82, 2.24) is 5.32 Å². The smallest absolute Gasteiger partial charge is 1.00 e. The van der Waals surface area contributed by atoms with Crippen molar-refractivity contribution in [2.75, 3.05) is 6.54 Å². The Labute approximate surface area is 63.7 Å². The molecule has 0 bridgehead atoms. The molecule has 2 nitrogen and oxygen atoms in total. The summed E-state index contributed by atoms with van der Waals surface area (Å²) in [4.78, 5) is 10.3. The van der Waals surface area contributed by atoms with Crippen LogP contribution in [0.25, 0.3) is 0 Å². The molecule has 0 unspecified atom stereocenters. The molecule has 0 atom stereocenters. The number of hydrogen-bond acceptors (Lipinski definition) is 1. The average molecular weight is 109 g/mol. The SMILES string of the molecule is CCNC(=O)CC.[H-].[Li+]. The van der Waals surface area contributed by atoms with E-state index < -0.39 is 0 Å². The van der Waals surface area contributed by atoms with Gasteiger partial charge in [-0.05, 0) is 6.92 Å². The van der Waals surface area contributed by atoms with E-state index in [4.69, 9.17) is 0 Å². The standard InChI is InChI=1S/C5H11NO.Li.H/c1-3-5(7)6-4-2;;/h3-4H2,1-2H3,(H,6,7);;/q;+1;-1. The third-order valence-corrected chi connectivity index (χ3v) is 0.695. The van der Waals surface area contributed by atoms with Gasteiger partial charge >= 0.3 is 18.9 Å². The van der Waals surface area contributed by atoms with E-state index in [2.05, 4.69) is 5.32 Å². The summed E-state index contributed by atoms with van der Waals surface area (Å²) < 4.78 is 0. The van der Waals surface area contributed by atoms with Crippen LogP contribution in [0.4, 0.5) is 0 Å². The first kappa shape index (κ1) is 10.9. The molecular formula is C5H12LiNO. The van der Waals surface area contributed by atoms with Gasteiger partial charge in [0.05, 0.1) is 0 Å². The van der Waals surface area contributed by atoms with Crippen molar-refractivity contribution >= 4 is 5.91 Å². The molecule has 0 heterocycles. The third-order valence-electron chi connectivity index (χ3n) is 0.695. The minimum absolute atomic E-state index is 0. The number of nitrogens with one attached hydrogen (secondary N) is 1. The maximum absolute atomic E-state index is 10.3. The second-order valence-electron chi connectivity index (χ2n) is 1.31. The topological polar surface area (TPSA) is 29.1 Å². The fraction of sp³-hybridized carbons (Fsp3) is 0.800. The summed E-state index contributed by atoms with van der Waals surface area (Å²) in [5.74, 6) is 0.127. The molecule has 0 saturated heterocycles. The average Bonchev–Trinajstić information content (AvgIpc) is 1.68. The molecule has 0 aliphatic rings. The van der Waals surface area contributed by atoms with E-state index >= 15 is 0 Å². The van der Waals surface area contributed by atoms with E-state index in [1.807, 2.05) is 13.8 Å². The van der Waals surface area contributed by atoms with Gasteiger partial charge in [-0.15, -0.1) is 0 Å². The molecule has 0 rings (SSSR count). The van der Waals surface area contributed by atoms with Crippen molar-refractivity contribution in [2.24, 2.45) is 0 Å². The molecule has 0 aliphatic heterocycles. The molecule has 0 spiro atoms. The predicted molar refractivity (Wildman–Crippen MR) is 30.1 cm³/mol. The van der Waals surface area contributed by atoms with Gasteiger partial charge in [0.2, 0.25) is 5.91 Å². The Hall–Kier alpha value is 0.0674. The van der Waals surface area contributed by atoms with Crippen molar-refractivity contribution in [3.8, 4) is 0 Å². The molecule has 1 N–H and O–H groups in total. The molecule has 0 saturated carbocycles. The summed E-state index contributed by atoms with van der Waals surface area (Å²) in [6.45, 7) is 4.49. The van der Waals surface area contributed by atoms with Crippen molar-refractivity contribution in [3.05, 3.63) is 0 Å². The quantitative estimate of drug-likeness (QED) is 0.395. The van der Waals surface area contributed by atoms with Gasteiger partial charge in [-0.25, -0.2) is 0 Å². The second kappa shape index (κ2) is 7.07. The van der Waals surface area contributed by atoms with Crippen LogP contribution >= 0.6 is 0 Å². The van der Waals surface area contributed by atoms with Crippen molar-refractivity contribution < 1.29 is 25.1 Å². The second-order valence-corrected chi connectivity index (χ2v) is 1.31. The fourth-order valence-corrected chi connectivity index (χ4v) is 0.322. The van der Waals surface area contributed by atoms with Gasteiger partial charge in [-0.3, -0.25) is 4.79 Å². The maximum Gasteiger partial charge on any atom is 1.00 e. The molecule has 0 aromatic heterocycles. The zero-order valence-corrected chi connectivity index (χ0v) is 5.82. The van der Waals surface area contributed by atoms with Crippen molar-refractivity contribution in [2.45, 2.75) is 20.3 Å². The van der Waals surface area contributed by atoms with Crippen molar-refractivity contribution in [3.63, 3.8) is 0 Å². The molecule has 1 amide bonds. The molecule has 0 fully saturated rings. The van der Waals surface area contributed by atoms with Gasteiger partial charge in [0.15, 0.2) is 0 Å². The van der Waals surface area contributed by atoms with E-state index in [1.54, 1.807) is 0 Å². The summed E-state index contributed by atoms with van der Waals surface area (Å²) in [6.07, 6.45) is 0.591. The minimum atomic E-state index is 0. The first-order chi connectivity index (χ1) is 3.31. The monoisotopic (exact) mass is 109 g/mol. The molecule has 44 valence electrons. The third kappa shape index (κ3) is 6.07. The summed E-state index contributed by atoms with van der Waals surface area (Å²) in [7, 11) is 0. The van der Waals surface area contributed by atoms with Crippen LogP contribution in [0.15, 0.2) is 0 Å². The van der Waals surface area contributed by atoms with E-state index in [0.717, 1.165) is 6.54 Å². The zero-order chi connectivity index (χ0) is 5.70.